The molecule has 0 aliphatic carbocycles. The summed E-state index contributed by atoms with van der Waals surface area (Å²) < 4.78 is 6.31. The predicted molar refractivity (Wildman–Crippen MR) is 125 cm³/mol. The van der Waals surface area contributed by atoms with Crippen LogP contribution in [0.2, 0.25) is 10.0 Å². The minimum absolute atomic E-state index is 0.101. The average Bonchev–Trinajstić information content (AvgIpc) is 2.71. The van der Waals surface area contributed by atoms with E-state index in [0.29, 0.717) is 15.8 Å². The summed E-state index contributed by atoms with van der Waals surface area (Å²) >= 11 is 20.2. The van der Waals surface area contributed by atoms with Gasteiger partial charge in [-0.15, -0.1) is 0 Å². The quantitative estimate of drug-likeness (QED) is 0.341. The molecule has 0 bridgehead atoms. The first kappa shape index (κ1) is 22.3. The summed E-state index contributed by atoms with van der Waals surface area (Å²) in [7, 11) is 0. The van der Waals surface area contributed by atoms with E-state index in [1.54, 1.807) is 6.07 Å². The number of halogens is 3. The number of rotatable bonds is 4. The third kappa shape index (κ3) is 5.82. The molecule has 0 radical (unpaired) electrons. The van der Waals surface area contributed by atoms with Gasteiger partial charge in [-0.2, -0.15) is 0 Å². The summed E-state index contributed by atoms with van der Waals surface area (Å²) in [5.74, 6) is -0.488. The molecule has 3 N–H and O–H groups in total. The van der Waals surface area contributed by atoms with Crippen LogP contribution in [-0.4, -0.2) is 23.5 Å². The van der Waals surface area contributed by atoms with Crippen molar-refractivity contribution in [1.82, 2.24) is 16.2 Å². The fourth-order valence-corrected chi connectivity index (χ4v) is 3.80. The standard InChI is InChI=1S/C20H14BrCl2N3O3S/c21-18-15-4-2-1-3-11(15)5-6-16(18)29-10-17(27)25-26-20(30)24-19(28)12-7-13(22)9-14(23)8-12/h1-9H,10H2,(H,25,27)(H2,24,26,28,30). The maximum atomic E-state index is 12.2. The molecule has 3 rings (SSSR count). The lowest BCUT2D eigenvalue weighted by Gasteiger charge is -2.13. The Bertz CT molecular complexity index is 1120. The van der Waals surface area contributed by atoms with Crippen LogP contribution < -0.4 is 20.9 Å². The first-order chi connectivity index (χ1) is 14.3. The predicted octanol–water partition coefficient (Wildman–Crippen LogP) is 4.62. The molecular formula is C20H14BrCl2N3O3S. The Morgan fingerprint density at radius 2 is 1.70 bits per heavy atom. The lowest BCUT2D eigenvalue weighted by molar-refractivity contribution is -0.123. The highest BCUT2D eigenvalue weighted by atomic mass is 79.9. The monoisotopic (exact) mass is 525 g/mol. The van der Waals surface area contributed by atoms with Gasteiger partial charge in [-0.25, -0.2) is 0 Å². The molecule has 6 nitrogen and oxygen atoms in total. The van der Waals surface area contributed by atoms with E-state index in [9.17, 15) is 9.59 Å². The van der Waals surface area contributed by atoms with Crippen molar-refractivity contribution in [2.24, 2.45) is 0 Å². The maximum absolute atomic E-state index is 12.2. The minimum atomic E-state index is -0.525. The smallest absolute Gasteiger partial charge is 0.276 e. The molecule has 0 aliphatic heterocycles. The summed E-state index contributed by atoms with van der Waals surface area (Å²) in [6, 6.07) is 15.8. The maximum Gasteiger partial charge on any atom is 0.276 e. The molecule has 0 unspecified atom stereocenters. The molecule has 0 fully saturated rings. The van der Waals surface area contributed by atoms with Gasteiger partial charge in [0.2, 0.25) is 0 Å². The van der Waals surface area contributed by atoms with Crippen molar-refractivity contribution in [3.8, 4) is 5.75 Å². The molecule has 3 aromatic rings. The molecule has 154 valence electrons. The second kappa shape index (κ2) is 10.1. The van der Waals surface area contributed by atoms with Gasteiger partial charge in [-0.3, -0.25) is 25.8 Å². The summed E-state index contributed by atoms with van der Waals surface area (Å²) in [4.78, 5) is 24.2. The second-order valence-electron chi connectivity index (χ2n) is 6.00. The van der Waals surface area contributed by atoms with E-state index in [-0.39, 0.29) is 17.3 Å². The molecule has 30 heavy (non-hydrogen) atoms. The van der Waals surface area contributed by atoms with E-state index in [0.717, 1.165) is 15.2 Å². The number of carbonyl (C=O) groups is 2. The molecule has 0 saturated carbocycles. The SMILES string of the molecule is O=C(COc1ccc2ccccc2c1Br)NNC(=S)NC(=O)c1cc(Cl)cc(Cl)c1. The van der Waals surface area contributed by atoms with Crippen LogP contribution in [0.15, 0.2) is 59.1 Å². The Kier molecular flexibility index (Phi) is 7.49. The van der Waals surface area contributed by atoms with E-state index in [1.165, 1.54) is 18.2 Å². The highest BCUT2D eigenvalue weighted by molar-refractivity contribution is 9.10. The van der Waals surface area contributed by atoms with Crippen LogP contribution in [0.1, 0.15) is 10.4 Å². The lowest BCUT2D eigenvalue weighted by Crippen LogP contribution is -2.49. The van der Waals surface area contributed by atoms with Gasteiger partial charge in [0.05, 0.1) is 4.47 Å². The number of amides is 2. The molecule has 0 atom stereocenters. The molecule has 0 heterocycles. The molecule has 0 saturated heterocycles. The van der Waals surface area contributed by atoms with Gasteiger partial charge in [0, 0.05) is 15.6 Å². The van der Waals surface area contributed by atoms with Gasteiger partial charge in [0.25, 0.3) is 11.8 Å². The van der Waals surface area contributed by atoms with Crippen LogP contribution in [0.3, 0.4) is 0 Å². The van der Waals surface area contributed by atoms with E-state index >= 15 is 0 Å². The average molecular weight is 527 g/mol. The Hall–Kier alpha value is -2.39. The Morgan fingerprint density at radius 1 is 1.00 bits per heavy atom. The topological polar surface area (TPSA) is 79.5 Å². The van der Waals surface area contributed by atoms with Crippen molar-refractivity contribution in [3.05, 3.63) is 74.7 Å². The van der Waals surface area contributed by atoms with Crippen LogP contribution in [0.25, 0.3) is 10.8 Å². The van der Waals surface area contributed by atoms with Crippen LogP contribution in [0.4, 0.5) is 0 Å². The van der Waals surface area contributed by atoms with Crippen LogP contribution in [0.5, 0.6) is 5.75 Å². The lowest BCUT2D eigenvalue weighted by atomic mass is 10.1. The Morgan fingerprint density at radius 3 is 2.43 bits per heavy atom. The van der Waals surface area contributed by atoms with Crippen molar-refractivity contribution in [1.29, 1.82) is 0 Å². The largest absolute Gasteiger partial charge is 0.483 e. The molecule has 3 aromatic carbocycles. The van der Waals surface area contributed by atoms with Crippen molar-refractivity contribution in [3.63, 3.8) is 0 Å². The number of hydrazine groups is 1. The number of ether oxygens (including phenoxy) is 1. The normalized spacial score (nSPS) is 10.4. The van der Waals surface area contributed by atoms with Gasteiger partial charge in [0.1, 0.15) is 5.75 Å². The molecule has 0 aromatic heterocycles. The summed E-state index contributed by atoms with van der Waals surface area (Å²) in [5, 5.41) is 4.96. The zero-order valence-corrected chi connectivity index (χ0v) is 19.1. The number of nitrogens with one attached hydrogen (secondary N) is 3. The highest BCUT2D eigenvalue weighted by Crippen LogP contribution is 2.32. The molecule has 10 heteroatoms. The molecular weight excluding hydrogens is 513 g/mol. The first-order valence-corrected chi connectivity index (χ1v) is 10.5. The van der Waals surface area contributed by atoms with Crippen molar-refractivity contribution >= 4 is 79.0 Å². The third-order valence-corrected chi connectivity index (χ3v) is 5.31. The number of benzene rings is 3. The number of hydrogen-bond donors (Lipinski definition) is 3. The van der Waals surface area contributed by atoms with E-state index in [1.807, 2.05) is 30.3 Å². The van der Waals surface area contributed by atoms with E-state index in [4.69, 9.17) is 40.2 Å². The molecule has 0 spiro atoms. The van der Waals surface area contributed by atoms with Crippen LogP contribution in [-0.2, 0) is 4.79 Å². The van der Waals surface area contributed by atoms with E-state index in [2.05, 4.69) is 32.1 Å². The van der Waals surface area contributed by atoms with Crippen molar-refractivity contribution in [2.75, 3.05) is 6.61 Å². The zero-order valence-electron chi connectivity index (χ0n) is 15.2. The van der Waals surface area contributed by atoms with Gasteiger partial charge in [0.15, 0.2) is 11.7 Å². The number of carbonyl (C=O) groups excluding carboxylic acids is 2. The summed E-state index contributed by atoms with van der Waals surface area (Å²) in [6.45, 7) is -0.260. The fourth-order valence-electron chi connectivity index (χ4n) is 2.52. The fraction of sp³-hybridized carbons (Fsp3) is 0.0500. The summed E-state index contributed by atoms with van der Waals surface area (Å²) in [6.07, 6.45) is 0. The van der Waals surface area contributed by atoms with Gasteiger partial charge < -0.3 is 4.74 Å². The third-order valence-electron chi connectivity index (χ3n) is 3.85. The first-order valence-electron chi connectivity index (χ1n) is 8.50. The highest BCUT2D eigenvalue weighted by Gasteiger charge is 2.12. The van der Waals surface area contributed by atoms with Gasteiger partial charge in [-0.1, -0.05) is 53.5 Å². The van der Waals surface area contributed by atoms with Crippen LogP contribution >= 0.6 is 51.3 Å². The molecule has 2 amide bonds. The van der Waals surface area contributed by atoms with Crippen LogP contribution in [0, 0.1) is 0 Å². The zero-order chi connectivity index (χ0) is 21.7. The summed E-state index contributed by atoms with van der Waals surface area (Å²) in [5.41, 5.74) is 5.02. The Labute approximate surface area is 196 Å². The molecule has 0 aliphatic rings. The van der Waals surface area contributed by atoms with Crippen molar-refractivity contribution in [2.45, 2.75) is 0 Å². The van der Waals surface area contributed by atoms with Gasteiger partial charge >= 0.3 is 0 Å². The van der Waals surface area contributed by atoms with Gasteiger partial charge in [-0.05, 0) is 63.2 Å². The number of fused-ring (bicyclic) bond motifs is 1. The number of thiocarbonyl (C=S) groups is 1. The number of hydrogen-bond acceptors (Lipinski definition) is 4. The van der Waals surface area contributed by atoms with E-state index < -0.39 is 11.8 Å². The Balaban J connectivity index is 1.49. The second-order valence-corrected chi connectivity index (χ2v) is 8.08. The van der Waals surface area contributed by atoms with Crippen molar-refractivity contribution < 1.29 is 14.3 Å². The minimum Gasteiger partial charge on any atom is -0.483 e.